The van der Waals surface area contributed by atoms with Gasteiger partial charge in [0, 0.05) is 11.6 Å². The number of hydrogen-bond donors (Lipinski definition) is 0. The van der Waals surface area contributed by atoms with Crippen LogP contribution in [-0.2, 0) is 0 Å². The van der Waals surface area contributed by atoms with Crippen LogP contribution in [0.5, 0.6) is 0 Å². The molecule has 0 radical (unpaired) electrons. The molecule has 0 aliphatic heterocycles. The van der Waals surface area contributed by atoms with Crippen molar-refractivity contribution in [2.24, 2.45) is 0 Å². The van der Waals surface area contributed by atoms with E-state index in [-0.39, 0.29) is 0 Å². The molecule has 1 atom stereocenters. The van der Waals surface area contributed by atoms with Crippen LogP contribution >= 0.6 is 0 Å². The maximum Gasteiger partial charge on any atom is 0.0153 e. The zero-order valence-electron chi connectivity index (χ0n) is 10.4. The van der Waals surface area contributed by atoms with Crippen molar-refractivity contribution in [3.63, 3.8) is 0 Å². The third-order valence-corrected chi connectivity index (χ3v) is 3.23. The summed E-state index contributed by atoms with van der Waals surface area (Å²) in [5.74, 6) is 0. The van der Waals surface area contributed by atoms with Crippen molar-refractivity contribution in [2.45, 2.75) is 72.4 Å². The Hall–Kier alpha value is -0.0400. The Bertz CT molecular complexity index is 129. The van der Waals surface area contributed by atoms with Gasteiger partial charge in [-0.1, -0.05) is 20.8 Å². The minimum absolute atomic E-state index is 0.367. The quantitative estimate of drug-likeness (QED) is 0.610. The lowest BCUT2D eigenvalue weighted by atomic mass is 9.96. The molecule has 0 N–H and O–H groups in total. The third kappa shape index (κ3) is 3.68. The Kier molecular flexibility index (Phi) is 5.62. The summed E-state index contributed by atoms with van der Waals surface area (Å²) in [6.07, 6.45) is 3.74. The molecule has 0 bridgehead atoms. The fourth-order valence-corrected chi connectivity index (χ4v) is 1.78. The molecule has 0 saturated carbocycles. The average Bonchev–Trinajstić information content (AvgIpc) is 2.12. The van der Waals surface area contributed by atoms with Gasteiger partial charge in [0.25, 0.3) is 0 Å². The first-order valence-corrected chi connectivity index (χ1v) is 5.76. The van der Waals surface area contributed by atoms with Crippen LogP contribution in [0.25, 0.3) is 0 Å². The highest BCUT2D eigenvalue weighted by atomic mass is 15.2. The van der Waals surface area contributed by atoms with E-state index in [1.807, 2.05) is 0 Å². The highest BCUT2D eigenvalue weighted by Crippen LogP contribution is 2.22. The van der Waals surface area contributed by atoms with Crippen molar-refractivity contribution in [2.75, 3.05) is 6.54 Å². The topological polar surface area (TPSA) is 3.24 Å². The first-order valence-electron chi connectivity index (χ1n) is 5.76. The number of rotatable bonds is 6. The molecule has 1 unspecified atom stereocenters. The fraction of sp³-hybridized carbons (Fsp3) is 1.00. The van der Waals surface area contributed by atoms with Gasteiger partial charge in [-0.3, -0.25) is 4.90 Å². The second-order valence-electron chi connectivity index (χ2n) is 4.62. The van der Waals surface area contributed by atoms with Gasteiger partial charge in [0.1, 0.15) is 0 Å². The monoisotopic (exact) mass is 185 g/mol. The van der Waals surface area contributed by atoms with E-state index in [1.165, 1.54) is 25.8 Å². The summed E-state index contributed by atoms with van der Waals surface area (Å²) in [6, 6.07) is 0.717. The first kappa shape index (κ1) is 13.0. The molecule has 0 spiro atoms. The van der Waals surface area contributed by atoms with Crippen LogP contribution in [0.1, 0.15) is 60.8 Å². The lowest BCUT2D eigenvalue weighted by Gasteiger charge is -2.42. The second kappa shape index (κ2) is 5.64. The van der Waals surface area contributed by atoms with Crippen LogP contribution in [0.4, 0.5) is 0 Å². The van der Waals surface area contributed by atoms with E-state index in [9.17, 15) is 0 Å². The fourth-order valence-electron chi connectivity index (χ4n) is 1.78. The molecule has 0 aromatic heterocycles. The maximum atomic E-state index is 2.65. The van der Waals surface area contributed by atoms with E-state index in [1.54, 1.807) is 0 Å². The highest BCUT2D eigenvalue weighted by molar-refractivity contribution is 4.83. The van der Waals surface area contributed by atoms with E-state index in [4.69, 9.17) is 0 Å². The SMILES string of the molecule is CCCN(C(C)CC)C(C)(C)CC. The lowest BCUT2D eigenvalue weighted by Crippen LogP contribution is -2.48. The molecule has 80 valence electrons. The van der Waals surface area contributed by atoms with Crippen molar-refractivity contribution in [1.82, 2.24) is 4.90 Å². The summed E-state index contributed by atoms with van der Waals surface area (Å²) in [6.45, 7) is 15.1. The Morgan fingerprint density at radius 1 is 1.15 bits per heavy atom. The van der Waals surface area contributed by atoms with E-state index in [0.717, 1.165) is 6.04 Å². The smallest absolute Gasteiger partial charge is 0.0153 e. The van der Waals surface area contributed by atoms with Crippen LogP contribution in [0, 0.1) is 0 Å². The van der Waals surface area contributed by atoms with Crippen LogP contribution < -0.4 is 0 Å². The molecule has 0 aromatic carbocycles. The molecule has 0 aliphatic carbocycles. The second-order valence-corrected chi connectivity index (χ2v) is 4.62. The standard InChI is InChI=1S/C12H27N/c1-7-10-13(11(4)8-2)12(5,6)9-3/h11H,7-10H2,1-6H3. The molecule has 1 heteroatoms. The molecule has 0 amide bonds. The molecule has 0 rings (SSSR count). The Labute approximate surface area is 84.5 Å². The van der Waals surface area contributed by atoms with Crippen molar-refractivity contribution < 1.29 is 0 Å². The molecule has 1 nitrogen and oxygen atoms in total. The van der Waals surface area contributed by atoms with Crippen molar-refractivity contribution in [1.29, 1.82) is 0 Å². The van der Waals surface area contributed by atoms with Gasteiger partial charge in [-0.2, -0.15) is 0 Å². The predicted octanol–water partition coefficient (Wildman–Crippen LogP) is 3.69. The Morgan fingerprint density at radius 2 is 1.69 bits per heavy atom. The first-order chi connectivity index (χ1) is 5.99. The van der Waals surface area contributed by atoms with Gasteiger partial charge < -0.3 is 0 Å². The van der Waals surface area contributed by atoms with Gasteiger partial charge in [0.15, 0.2) is 0 Å². The van der Waals surface area contributed by atoms with Gasteiger partial charge in [-0.25, -0.2) is 0 Å². The average molecular weight is 185 g/mol. The Balaban J connectivity index is 4.39. The molecule has 0 fully saturated rings. The molecule has 0 aromatic rings. The maximum absolute atomic E-state index is 2.65. The van der Waals surface area contributed by atoms with E-state index >= 15 is 0 Å². The lowest BCUT2D eigenvalue weighted by molar-refractivity contribution is 0.0709. The zero-order chi connectivity index (χ0) is 10.5. The summed E-state index contributed by atoms with van der Waals surface area (Å²) < 4.78 is 0. The summed E-state index contributed by atoms with van der Waals surface area (Å²) in [5.41, 5.74) is 0.367. The molecular weight excluding hydrogens is 158 g/mol. The van der Waals surface area contributed by atoms with E-state index in [0.29, 0.717) is 5.54 Å². The van der Waals surface area contributed by atoms with Crippen molar-refractivity contribution in [3.05, 3.63) is 0 Å². The molecule has 13 heavy (non-hydrogen) atoms. The van der Waals surface area contributed by atoms with Gasteiger partial charge >= 0.3 is 0 Å². The molecular formula is C12H27N. The van der Waals surface area contributed by atoms with Crippen LogP contribution in [0.15, 0.2) is 0 Å². The zero-order valence-corrected chi connectivity index (χ0v) is 10.4. The summed E-state index contributed by atoms with van der Waals surface area (Å²) >= 11 is 0. The summed E-state index contributed by atoms with van der Waals surface area (Å²) in [5, 5.41) is 0. The number of nitrogens with zero attached hydrogens (tertiary/aromatic N) is 1. The van der Waals surface area contributed by atoms with E-state index in [2.05, 4.69) is 46.4 Å². The van der Waals surface area contributed by atoms with Crippen LogP contribution in [0.3, 0.4) is 0 Å². The third-order valence-electron chi connectivity index (χ3n) is 3.23. The normalized spacial score (nSPS) is 15.0. The molecule has 0 heterocycles. The van der Waals surface area contributed by atoms with Crippen LogP contribution in [0.2, 0.25) is 0 Å². The largest absolute Gasteiger partial charge is 0.296 e. The summed E-state index contributed by atoms with van der Waals surface area (Å²) in [4.78, 5) is 2.65. The minimum atomic E-state index is 0.367. The molecule has 0 aliphatic rings. The number of hydrogen-bond acceptors (Lipinski definition) is 1. The highest BCUT2D eigenvalue weighted by Gasteiger charge is 2.26. The Morgan fingerprint density at radius 3 is 2.00 bits per heavy atom. The van der Waals surface area contributed by atoms with Crippen molar-refractivity contribution >= 4 is 0 Å². The minimum Gasteiger partial charge on any atom is -0.296 e. The van der Waals surface area contributed by atoms with E-state index < -0.39 is 0 Å². The van der Waals surface area contributed by atoms with Gasteiger partial charge in [0.2, 0.25) is 0 Å². The van der Waals surface area contributed by atoms with Crippen LogP contribution in [-0.4, -0.2) is 23.0 Å². The molecule has 0 saturated heterocycles. The van der Waals surface area contributed by atoms with Crippen molar-refractivity contribution in [3.8, 4) is 0 Å². The van der Waals surface area contributed by atoms with Gasteiger partial charge in [-0.15, -0.1) is 0 Å². The van der Waals surface area contributed by atoms with Gasteiger partial charge in [0.05, 0.1) is 0 Å². The summed E-state index contributed by atoms with van der Waals surface area (Å²) in [7, 11) is 0. The predicted molar refractivity (Wildman–Crippen MR) is 61.1 cm³/mol. The van der Waals surface area contributed by atoms with Gasteiger partial charge in [-0.05, 0) is 46.6 Å².